The van der Waals surface area contributed by atoms with Gasteiger partial charge in [-0.25, -0.2) is 9.13 Å². The zero-order valence-corrected chi connectivity index (χ0v) is 37.0. The topological polar surface area (TPSA) is 202 Å². The molecule has 0 saturated carbocycles. The number of aromatic nitrogens is 2. The van der Waals surface area contributed by atoms with Gasteiger partial charge in [-0.1, -0.05) is 5.11 Å². The van der Waals surface area contributed by atoms with Gasteiger partial charge in [0.15, 0.2) is 0 Å². The number of imidazole rings is 1. The number of amides is 2. The molecular formula is C48H55N14O3+. The van der Waals surface area contributed by atoms with Gasteiger partial charge >= 0.3 is 5.95 Å². The van der Waals surface area contributed by atoms with E-state index < -0.39 is 0 Å². The fourth-order valence-corrected chi connectivity index (χ4v) is 7.08. The number of phenols is 1. The molecule has 1 aromatic heterocycles. The Bertz CT molecular complexity index is 2640. The van der Waals surface area contributed by atoms with Crippen molar-refractivity contribution in [3.05, 3.63) is 151 Å². The second kappa shape index (κ2) is 20.8. The molecule has 2 amide bonds. The van der Waals surface area contributed by atoms with E-state index in [0.29, 0.717) is 78.8 Å². The monoisotopic (exact) mass is 875 g/mol. The van der Waals surface area contributed by atoms with E-state index in [2.05, 4.69) is 36.0 Å². The van der Waals surface area contributed by atoms with Crippen LogP contribution in [-0.2, 0) is 13.6 Å². The van der Waals surface area contributed by atoms with E-state index in [-0.39, 0.29) is 23.9 Å². The van der Waals surface area contributed by atoms with Crippen LogP contribution in [0.1, 0.15) is 33.6 Å². The highest BCUT2D eigenvalue weighted by Crippen LogP contribution is 2.32. The number of carbonyl (C=O) groups excluding carboxylic acids is 2. The Labute approximate surface area is 378 Å². The summed E-state index contributed by atoms with van der Waals surface area (Å²) in [6.45, 7) is 2.28. The van der Waals surface area contributed by atoms with Gasteiger partial charge in [-0.3, -0.25) is 9.59 Å². The van der Waals surface area contributed by atoms with Crippen LogP contribution in [0.3, 0.4) is 0 Å². The molecule has 0 fully saturated rings. The zero-order chi connectivity index (χ0) is 45.9. The smallest absolute Gasteiger partial charge is 0.421 e. The molecule has 0 bridgehead atoms. The lowest BCUT2D eigenvalue weighted by Crippen LogP contribution is -2.36. The average molecular weight is 876 g/mol. The van der Waals surface area contributed by atoms with Crippen molar-refractivity contribution in [3.63, 3.8) is 0 Å². The van der Waals surface area contributed by atoms with Gasteiger partial charge in [-0.05, 0) is 122 Å². The number of hydrogen-bond acceptors (Lipinski definition) is 13. The minimum Gasteiger partial charge on any atom is -0.505 e. The summed E-state index contributed by atoms with van der Waals surface area (Å²) < 4.78 is 3.78. The maximum Gasteiger partial charge on any atom is 0.421 e. The van der Waals surface area contributed by atoms with Crippen molar-refractivity contribution < 1.29 is 19.3 Å². The first-order chi connectivity index (χ1) is 31.4. The third-order valence-corrected chi connectivity index (χ3v) is 10.8. The summed E-state index contributed by atoms with van der Waals surface area (Å²) in [5, 5.41) is 35.1. The summed E-state index contributed by atoms with van der Waals surface area (Å²) in [6.07, 6.45) is 8.80. The van der Waals surface area contributed by atoms with E-state index in [1.54, 1.807) is 72.4 Å². The highest BCUT2D eigenvalue weighted by atomic mass is 16.3. The minimum atomic E-state index is -0.297. The first-order valence-corrected chi connectivity index (χ1v) is 21.2. The van der Waals surface area contributed by atoms with Gasteiger partial charge in [0.1, 0.15) is 11.4 Å². The summed E-state index contributed by atoms with van der Waals surface area (Å²) in [5.74, 6) is 0.307. The van der Waals surface area contributed by atoms with Crippen molar-refractivity contribution in [2.75, 3.05) is 62.9 Å². The quantitative estimate of drug-likeness (QED) is 0.0319. The van der Waals surface area contributed by atoms with E-state index in [9.17, 15) is 14.7 Å². The standard InChI is InChI=1S/C48H54N14O3/c1-57(25-5-27-61-31-29-59(3)47(61)55-53-41-21-19-40(20-22-41)51-38-15-11-36(49)12-16-38)45(64)34-7-9-35(10-8-34)46(65)58(2)26-6-28-62-32-30-60(4)48(62)56-54-43-24-23-42(33-44(43)63)52-39-17-13-37(50)14-18-39/h7-24,29-33,47H,5-6,25-28H2,1-4H3,(H6,49,50,51,52,53,54,55,63,64,65)/p+1. The fourth-order valence-electron chi connectivity index (χ4n) is 7.08. The van der Waals surface area contributed by atoms with E-state index in [1.165, 1.54) is 0 Å². The SMILES string of the molecule is CN(CCCN1C=CN(C)C1N=Nc1ccc(Nc2ccc(N)cc2)cc1)C(=O)c1ccc(C(=O)N(C)CCCn2cc[n+](C)c2N=Nc2ccc(Nc3ccc(N)cc3)cc2O)cc1. The zero-order valence-electron chi connectivity index (χ0n) is 37.0. The Morgan fingerprint density at radius 2 is 1.22 bits per heavy atom. The molecule has 2 heterocycles. The Kier molecular flexibility index (Phi) is 14.3. The van der Waals surface area contributed by atoms with Gasteiger partial charge in [0.2, 0.25) is 6.29 Å². The number of benzene rings is 5. The molecule has 0 saturated heterocycles. The van der Waals surface area contributed by atoms with Gasteiger partial charge in [0.05, 0.1) is 31.7 Å². The minimum absolute atomic E-state index is 0.0166. The number of azo groups is 2. The second-order valence-corrected chi connectivity index (χ2v) is 15.8. The first-order valence-electron chi connectivity index (χ1n) is 21.2. The van der Waals surface area contributed by atoms with Crippen molar-refractivity contribution in [1.82, 2.24) is 24.2 Å². The number of anilines is 6. The maximum absolute atomic E-state index is 13.4. The van der Waals surface area contributed by atoms with Gasteiger partial charge in [0.25, 0.3) is 11.8 Å². The molecular weight excluding hydrogens is 821 g/mol. The molecule has 6 aromatic rings. The third kappa shape index (κ3) is 11.8. The number of carbonyl (C=O) groups is 2. The van der Waals surface area contributed by atoms with Gasteiger partial charge in [-0.2, -0.15) is 5.11 Å². The predicted molar refractivity (Wildman–Crippen MR) is 254 cm³/mol. The molecule has 334 valence electrons. The van der Waals surface area contributed by atoms with Crippen LogP contribution in [0, 0.1) is 0 Å². The lowest BCUT2D eigenvalue weighted by molar-refractivity contribution is -0.657. The molecule has 7 rings (SSSR count). The lowest BCUT2D eigenvalue weighted by atomic mass is 10.1. The molecule has 1 atom stereocenters. The summed E-state index contributed by atoms with van der Waals surface area (Å²) in [7, 11) is 7.37. The van der Waals surface area contributed by atoms with Crippen molar-refractivity contribution in [2.24, 2.45) is 27.5 Å². The number of aromatic hydroxyl groups is 1. The van der Waals surface area contributed by atoms with Crippen LogP contribution in [0.5, 0.6) is 5.75 Å². The molecule has 1 aliphatic heterocycles. The number of nitrogens with zero attached hydrogens (tertiary/aromatic N) is 10. The lowest BCUT2D eigenvalue weighted by Gasteiger charge is -2.26. The average Bonchev–Trinajstić information content (AvgIpc) is 3.85. The highest BCUT2D eigenvalue weighted by Gasteiger charge is 2.24. The van der Waals surface area contributed by atoms with Crippen LogP contribution >= 0.6 is 0 Å². The summed E-state index contributed by atoms with van der Waals surface area (Å²) in [6, 6.07) is 34.5. The third-order valence-electron chi connectivity index (χ3n) is 10.8. The van der Waals surface area contributed by atoms with Crippen molar-refractivity contribution in [1.29, 1.82) is 0 Å². The molecule has 65 heavy (non-hydrogen) atoms. The second-order valence-electron chi connectivity index (χ2n) is 15.8. The Balaban J connectivity index is 0.840. The van der Waals surface area contributed by atoms with Crippen LogP contribution in [0.4, 0.5) is 51.4 Å². The van der Waals surface area contributed by atoms with E-state index in [1.807, 2.05) is 120 Å². The molecule has 0 radical (unpaired) electrons. The van der Waals surface area contributed by atoms with Crippen LogP contribution in [0.2, 0.25) is 0 Å². The fraction of sp³-hybridized carbons (Fsp3) is 0.229. The molecule has 1 aliphatic rings. The summed E-state index contributed by atoms with van der Waals surface area (Å²) in [5.41, 5.74) is 18.4. The number of rotatable bonds is 18. The van der Waals surface area contributed by atoms with Crippen molar-refractivity contribution in [2.45, 2.75) is 25.7 Å². The van der Waals surface area contributed by atoms with E-state index >= 15 is 0 Å². The Hall–Kier alpha value is -8.21. The molecule has 17 heteroatoms. The van der Waals surface area contributed by atoms with Crippen LogP contribution < -0.4 is 26.7 Å². The summed E-state index contributed by atoms with van der Waals surface area (Å²) >= 11 is 0. The van der Waals surface area contributed by atoms with Gasteiger partial charge in [-0.15, -0.1) is 5.11 Å². The van der Waals surface area contributed by atoms with Crippen LogP contribution in [0.15, 0.2) is 161 Å². The molecule has 5 aromatic carbocycles. The number of phenolic OH excluding ortho intramolecular Hbond substituents is 1. The highest BCUT2D eigenvalue weighted by molar-refractivity contribution is 5.97. The van der Waals surface area contributed by atoms with Crippen molar-refractivity contribution in [3.8, 4) is 5.75 Å². The predicted octanol–water partition coefficient (Wildman–Crippen LogP) is 8.50. The van der Waals surface area contributed by atoms with Gasteiger partial charge in [0, 0.05) is 110 Å². The summed E-state index contributed by atoms with van der Waals surface area (Å²) in [4.78, 5) is 34.1. The number of nitrogens with two attached hydrogens (primary N) is 2. The van der Waals surface area contributed by atoms with E-state index in [0.717, 1.165) is 22.7 Å². The molecule has 1 unspecified atom stereocenters. The molecule has 17 nitrogen and oxygen atoms in total. The first kappa shape index (κ1) is 44.8. The normalized spacial score (nSPS) is 13.5. The Morgan fingerprint density at radius 1 is 0.692 bits per heavy atom. The van der Waals surface area contributed by atoms with Gasteiger partial charge < -0.3 is 46.8 Å². The Morgan fingerprint density at radius 3 is 1.78 bits per heavy atom. The van der Waals surface area contributed by atoms with Crippen LogP contribution in [0.25, 0.3) is 0 Å². The molecule has 0 spiro atoms. The largest absolute Gasteiger partial charge is 0.505 e. The number of aryl methyl sites for hydroxylation is 2. The number of nitrogen functional groups attached to an aromatic ring is 2. The number of nitrogens with one attached hydrogen (secondary N) is 2. The van der Waals surface area contributed by atoms with Crippen molar-refractivity contribution >= 4 is 63.3 Å². The van der Waals surface area contributed by atoms with Crippen LogP contribution in [-0.4, -0.2) is 88.2 Å². The number of hydrogen-bond donors (Lipinski definition) is 5. The van der Waals surface area contributed by atoms with E-state index in [4.69, 9.17) is 11.5 Å². The molecule has 0 aliphatic carbocycles. The molecule has 7 N–H and O–H groups in total. The maximum atomic E-state index is 13.4.